The monoisotopic (exact) mass is 403 g/mol. The molecule has 0 saturated heterocycles. The third kappa shape index (κ3) is 5.49. The summed E-state index contributed by atoms with van der Waals surface area (Å²) < 4.78 is 0. The molecule has 0 aliphatic heterocycles. The minimum atomic E-state index is -0.325. The highest BCUT2D eigenvalue weighted by molar-refractivity contribution is 7.80. The third-order valence-electron chi connectivity index (χ3n) is 4.22. The van der Waals surface area contributed by atoms with E-state index in [-0.39, 0.29) is 16.9 Å². The average molecular weight is 404 g/mol. The Labute approximate surface area is 174 Å². The summed E-state index contributed by atoms with van der Waals surface area (Å²) in [6, 6.07) is 20.8. The van der Waals surface area contributed by atoms with Crippen LogP contribution in [0.2, 0.25) is 0 Å². The number of benzene rings is 3. The number of rotatable bonds is 5. The second-order valence-electron chi connectivity index (χ2n) is 6.28. The lowest BCUT2D eigenvalue weighted by Gasteiger charge is -2.09. The maximum Gasteiger partial charge on any atom is 0.251 e. The Morgan fingerprint density at radius 1 is 0.966 bits per heavy atom. The van der Waals surface area contributed by atoms with Gasteiger partial charge in [0.15, 0.2) is 5.11 Å². The molecule has 5 nitrogen and oxygen atoms in total. The highest BCUT2D eigenvalue weighted by Gasteiger charge is 2.05. The summed E-state index contributed by atoms with van der Waals surface area (Å²) in [4.78, 5) is 24.0. The topological polar surface area (TPSA) is 70.2 Å². The van der Waals surface area contributed by atoms with Crippen LogP contribution in [0.15, 0.2) is 72.8 Å². The van der Waals surface area contributed by atoms with E-state index >= 15 is 0 Å². The first kappa shape index (κ1) is 20.2. The van der Waals surface area contributed by atoms with Gasteiger partial charge in [-0.2, -0.15) is 0 Å². The van der Waals surface area contributed by atoms with Gasteiger partial charge in [0.2, 0.25) is 5.91 Å². The molecule has 0 heterocycles. The van der Waals surface area contributed by atoms with Gasteiger partial charge in [-0.15, -0.1) is 0 Å². The highest BCUT2D eigenvalue weighted by Crippen LogP contribution is 2.19. The molecule has 3 rings (SSSR count). The number of nitrogens with one attached hydrogen (secondary N) is 3. The Hall–Kier alpha value is -3.51. The van der Waals surface area contributed by atoms with Crippen LogP contribution in [-0.2, 0) is 4.79 Å². The van der Waals surface area contributed by atoms with Gasteiger partial charge >= 0.3 is 0 Å². The fourth-order valence-electron chi connectivity index (χ4n) is 2.84. The molecule has 0 atom stereocenters. The van der Waals surface area contributed by atoms with Crippen molar-refractivity contribution in [2.45, 2.75) is 6.92 Å². The SMILES string of the molecule is CCNC(=O)c1ccc(NC(=S)NC(=O)/C=C/c2cccc3ccccc23)cc1. The van der Waals surface area contributed by atoms with E-state index in [1.165, 1.54) is 6.08 Å². The first-order valence-corrected chi connectivity index (χ1v) is 9.63. The molecule has 0 radical (unpaired) electrons. The Morgan fingerprint density at radius 2 is 1.69 bits per heavy atom. The second kappa shape index (κ2) is 9.61. The number of hydrogen-bond acceptors (Lipinski definition) is 3. The van der Waals surface area contributed by atoms with Crippen molar-refractivity contribution in [1.82, 2.24) is 10.6 Å². The zero-order chi connectivity index (χ0) is 20.6. The van der Waals surface area contributed by atoms with Crippen LogP contribution in [0.25, 0.3) is 16.8 Å². The zero-order valence-corrected chi connectivity index (χ0v) is 16.8. The van der Waals surface area contributed by atoms with Gasteiger partial charge in [-0.1, -0.05) is 42.5 Å². The molecule has 0 unspecified atom stereocenters. The molecular formula is C23H21N3O2S. The lowest BCUT2D eigenvalue weighted by molar-refractivity contribution is -0.115. The summed E-state index contributed by atoms with van der Waals surface area (Å²) in [5, 5.41) is 10.7. The van der Waals surface area contributed by atoms with Crippen molar-refractivity contribution >= 4 is 51.7 Å². The number of fused-ring (bicyclic) bond motifs is 1. The molecule has 0 saturated carbocycles. The lowest BCUT2D eigenvalue weighted by Crippen LogP contribution is -2.32. The van der Waals surface area contributed by atoms with E-state index in [1.54, 1.807) is 30.3 Å². The van der Waals surface area contributed by atoms with Crippen molar-refractivity contribution in [2.75, 3.05) is 11.9 Å². The van der Waals surface area contributed by atoms with Crippen molar-refractivity contribution in [3.63, 3.8) is 0 Å². The smallest absolute Gasteiger partial charge is 0.251 e. The maximum atomic E-state index is 12.2. The first-order valence-electron chi connectivity index (χ1n) is 9.23. The first-order chi connectivity index (χ1) is 14.1. The van der Waals surface area contributed by atoms with Crippen LogP contribution in [0.5, 0.6) is 0 Å². The number of amides is 2. The molecule has 3 aromatic carbocycles. The van der Waals surface area contributed by atoms with Crippen molar-refractivity contribution in [2.24, 2.45) is 0 Å². The van der Waals surface area contributed by atoms with Gasteiger partial charge in [0.05, 0.1) is 0 Å². The van der Waals surface area contributed by atoms with E-state index in [0.717, 1.165) is 16.3 Å². The van der Waals surface area contributed by atoms with Crippen LogP contribution in [-0.4, -0.2) is 23.5 Å². The summed E-state index contributed by atoms with van der Waals surface area (Å²) in [6.07, 6.45) is 3.22. The third-order valence-corrected chi connectivity index (χ3v) is 4.42. The Balaban J connectivity index is 1.58. The standard InChI is InChI=1S/C23H21N3O2S/c1-2-24-22(28)18-10-13-19(14-11-18)25-23(29)26-21(27)15-12-17-8-5-7-16-6-3-4-9-20(16)17/h3-15H,2H2,1H3,(H,24,28)(H2,25,26,27,29)/b15-12+. The minimum absolute atomic E-state index is 0.131. The normalized spacial score (nSPS) is 10.7. The largest absolute Gasteiger partial charge is 0.352 e. The van der Waals surface area contributed by atoms with Gasteiger partial charge in [-0.05, 0) is 65.8 Å². The van der Waals surface area contributed by atoms with E-state index in [4.69, 9.17) is 12.2 Å². The lowest BCUT2D eigenvalue weighted by atomic mass is 10.0. The van der Waals surface area contributed by atoms with Crippen LogP contribution in [0.1, 0.15) is 22.8 Å². The molecular weight excluding hydrogens is 382 g/mol. The number of carbonyl (C=O) groups excluding carboxylic acids is 2. The van der Waals surface area contributed by atoms with Crippen molar-refractivity contribution < 1.29 is 9.59 Å². The molecule has 6 heteroatoms. The molecule has 0 spiro atoms. The molecule has 2 amide bonds. The summed E-state index contributed by atoms with van der Waals surface area (Å²) >= 11 is 5.19. The van der Waals surface area contributed by atoms with Gasteiger partial charge in [0.1, 0.15) is 0 Å². The summed E-state index contributed by atoms with van der Waals surface area (Å²) in [6.45, 7) is 2.44. The quantitative estimate of drug-likeness (QED) is 0.443. The average Bonchev–Trinajstić information content (AvgIpc) is 2.73. The van der Waals surface area contributed by atoms with Gasteiger partial charge in [0, 0.05) is 23.9 Å². The molecule has 0 fully saturated rings. The van der Waals surface area contributed by atoms with E-state index < -0.39 is 0 Å². The van der Waals surface area contributed by atoms with Gasteiger partial charge in [-0.3, -0.25) is 14.9 Å². The molecule has 146 valence electrons. The Bertz CT molecular complexity index is 1070. The molecule has 0 aromatic heterocycles. The van der Waals surface area contributed by atoms with Gasteiger partial charge in [0.25, 0.3) is 5.91 Å². The summed E-state index contributed by atoms with van der Waals surface area (Å²) in [7, 11) is 0. The molecule has 3 N–H and O–H groups in total. The number of carbonyl (C=O) groups is 2. The predicted molar refractivity (Wildman–Crippen MR) is 122 cm³/mol. The minimum Gasteiger partial charge on any atom is -0.352 e. The van der Waals surface area contributed by atoms with Crippen molar-refractivity contribution in [3.8, 4) is 0 Å². The van der Waals surface area contributed by atoms with E-state index in [1.807, 2.05) is 49.4 Å². The second-order valence-corrected chi connectivity index (χ2v) is 6.69. The summed E-state index contributed by atoms with van der Waals surface area (Å²) in [5.74, 6) is -0.456. The highest BCUT2D eigenvalue weighted by atomic mass is 32.1. The number of anilines is 1. The van der Waals surface area contributed by atoms with Crippen LogP contribution >= 0.6 is 12.2 Å². The van der Waals surface area contributed by atoms with Crippen molar-refractivity contribution in [3.05, 3.63) is 83.9 Å². The maximum absolute atomic E-state index is 12.2. The fraction of sp³-hybridized carbons (Fsp3) is 0.0870. The molecule has 0 aliphatic carbocycles. The molecule has 3 aromatic rings. The number of hydrogen-bond donors (Lipinski definition) is 3. The predicted octanol–water partition coefficient (Wildman–Crippen LogP) is 4.12. The van der Waals surface area contributed by atoms with Crippen LogP contribution in [0, 0.1) is 0 Å². The zero-order valence-electron chi connectivity index (χ0n) is 15.9. The van der Waals surface area contributed by atoms with Gasteiger partial charge < -0.3 is 10.6 Å². The van der Waals surface area contributed by atoms with Crippen LogP contribution < -0.4 is 16.0 Å². The van der Waals surface area contributed by atoms with E-state index in [9.17, 15) is 9.59 Å². The van der Waals surface area contributed by atoms with Crippen LogP contribution in [0.3, 0.4) is 0 Å². The summed E-state index contributed by atoms with van der Waals surface area (Å²) in [5.41, 5.74) is 2.20. The molecule has 29 heavy (non-hydrogen) atoms. The van der Waals surface area contributed by atoms with E-state index in [2.05, 4.69) is 16.0 Å². The van der Waals surface area contributed by atoms with Crippen molar-refractivity contribution in [1.29, 1.82) is 0 Å². The van der Waals surface area contributed by atoms with Crippen LogP contribution in [0.4, 0.5) is 5.69 Å². The Kier molecular flexibility index (Phi) is 6.71. The van der Waals surface area contributed by atoms with Gasteiger partial charge in [-0.25, -0.2) is 0 Å². The fourth-order valence-corrected chi connectivity index (χ4v) is 3.06. The Morgan fingerprint density at radius 3 is 2.45 bits per heavy atom. The molecule has 0 bridgehead atoms. The number of thiocarbonyl (C=S) groups is 1. The van der Waals surface area contributed by atoms with E-state index in [0.29, 0.717) is 17.8 Å². The molecule has 0 aliphatic rings.